The van der Waals surface area contributed by atoms with Gasteiger partial charge in [0.15, 0.2) is 11.5 Å². The van der Waals surface area contributed by atoms with Gasteiger partial charge in [0.05, 0.1) is 16.3 Å². The number of hydrogen-bond donors (Lipinski definition) is 1. The average Bonchev–Trinajstić information content (AvgIpc) is 2.63. The van der Waals surface area contributed by atoms with Crippen molar-refractivity contribution in [3.8, 4) is 11.5 Å². The van der Waals surface area contributed by atoms with Gasteiger partial charge in [-0.25, -0.2) is 5.43 Å². The minimum absolute atomic E-state index is 0.0336. The highest BCUT2D eigenvalue weighted by molar-refractivity contribution is 6.43. The normalized spacial score (nSPS) is 16.4. The molecule has 0 fully saturated rings. The lowest BCUT2D eigenvalue weighted by molar-refractivity contribution is -0.130. The quantitative estimate of drug-likeness (QED) is 0.599. The molecule has 1 aliphatic heterocycles. The molecule has 3 rings (SSSR count). The van der Waals surface area contributed by atoms with Crippen LogP contribution in [0.4, 0.5) is 0 Å². The number of ether oxygens (including phenoxy) is 2. The number of nitrogens with one attached hydrogen (secondary N) is 1. The van der Waals surface area contributed by atoms with Crippen molar-refractivity contribution in [3.63, 3.8) is 0 Å². The van der Waals surface area contributed by atoms with E-state index in [4.69, 9.17) is 32.7 Å². The maximum absolute atomic E-state index is 12.3. The second-order valence-electron chi connectivity index (χ2n) is 7.21. The minimum atomic E-state index is -0.792. The summed E-state index contributed by atoms with van der Waals surface area (Å²) in [5.74, 6) is 0.771. The Kier molecular flexibility index (Phi) is 5.63. The lowest BCUT2D eigenvalue weighted by Gasteiger charge is -2.27. The second kappa shape index (κ2) is 7.79. The molecule has 2 aromatic carbocycles. The zero-order valence-electron chi connectivity index (χ0n) is 15.3. The molecule has 0 radical (unpaired) electrons. The van der Waals surface area contributed by atoms with Gasteiger partial charge in [-0.3, -0.25) is 4.79 Å². The molecule has 0 aromatic heterocycles. The van der Waals surface area contributed by atoms with Gasteiger partial charge in [0, 0.05) is 5.56 Å². The van der Waals surface area contributed by atoms with E-state index in [-0.39, 0.29) is 12.0 Å². The molecular weight excluding hydrogens is 387 g/mol. The van der Waals surface area contributed by atoms with Crippen LogP contribution in [0, 0.1) is 0 Å². The van der Waals surface area contributed by atoms with Crippen molar-refractivity contribution in [3.05, 3.63) is 57.6 Å². The van der Waals surface area contributed by atoms with Crippen LogP contribution in [0.25, 0.3) is 0 Å². The van der Waals surface area contributed by atoms with Crippen LogP contribution in [0.2, 0.25) is 10.0 Å². The van der Waals surface area contributed by atoms with Crippen molar-refractivity contribution in [1.82, 2.24) is 5.43 Å². The highest BCUT2D eigenvalue weighted by Crippen LogP contribution is 2.36. The molecule has 5 nitrogen and oxygen atoms in total. The molecule has 1 heterocycles. The Bertz CT molecular complexity index is 891. The van der Waals surface area contributed by atoms with E-state index in [2.05, 4.69) is 31.3 Å². The van der Waals surface area contributed by atoms with Crippen molar-refractivity contribution >= 4 is 35.3 Å². The second-order valence-corrected chi connectivity index (χ2v) is 7.99. The SMILES string of the molecule is CC(C)(C)c1ccc2c(c1)O[C@H](C(=O)N/N=C/c1cccc(Cl)c1Cl)CO2. The molecule has 142 valence electrons. The van der Waals surface area contributed by atoms with E-state index in [1.165, 1.54) is 6.21 Å². The van der Waals surface area contributed by atoms with E-state index in [1.54, 1.807) is 18.2 Å². The van der Waals surface area contributed by atoms with Gasteiger partial charge in [0.2, 0.25) is 6.10 Å². The van der Waals surface area contributed by atoms with Crippen molar-refractivity contribution in [1.29, 1.82) is 0 Å². The number of fused-ring (bicyclic) bond motifs is 1. The summed E-state index contributed by atoms with van der Waals surface area (Å²) in [6.45, 7) is 6.44. The van der Waals surface area contributed by atoms with Crippen LogP contribution in [0.15, 0.2) is 41.5 Å². The van der Waals surface area contributed by atoms with Crippen LogP contribution in [0.5, 0.6) is 11.5 Å². The first-order valence-corrected chi connectivity index (χ1v) is 9.22. The maximum atomic E-state index is 12.3. The largest absolute Gasteiger partial charge is 0.485 e. The van der Waals surface area contributed by atoms with Crippen LogP contribution in [0.3, 0.4) is 0 Å². The van der Waals surface area contributed by atoms with Gasteiger partial charge in [-0.15, -0.1) is 0 Å². The van der Waals surface area contributed by atoms with Crippen molar-refractivity contribution < 1.29 is 14.3 Å². The molecule has 0 saturated carbocycles. The number of hydrazone groups is 1. The maximum Gasteiger partial charge on any atom is 0.284 e. The summed E-state index contributed by atoms with van der Waals surface area (Å²) in [5.41, 5.74) is 4.11. The molecule has 0 aliphatic carbocycles. The molecule has 1 N–H and O–H groups in total. The smallest absolute Gasteiger partial charge is 0.284 e. The van der Waals surface area contributed by atoms with Crippen molar-refractivity contribution in [2.45, 2.75) is 32.3 Å². The summed E-state index contributed by atoms with van der Waals surface area (Å²) in [6.07, 6.45) is 0.640. The van der Waals surface area contributed by atoms with Crippen molar-refractivity contribution in [2.75, 3.05) is 6.61 Å². The third-order valence-electron chi connectivity index (χ3n) is 4.12. The first kappa shape index (κ1) is 19.5. The van der Waals surface area contributed by atoms with Gasteiger partial charge < -0.3 is 9.47 Å². The summed E-state index contributed by atoms with van der Waals surface area (Å²) < 4.78 is 11.5. The monoisotopic (exact) mass is 406 g/mol. The van der Waals surface area contributed by atoms with Gasteiger partial charge in [0.1, 0.15) is 6.61 Å². The number of carbonyl (C=O) groups excluding carboxylic acids is 1. The molecule has 0 bridgehead atoms. The fourth-order valence-corrected chi connectivity index (χ4v) is 2.88. The van der Waals surface area contributed by atoms with Gasteiger partial charge >= 0.3 is 0 Å². The van der Waals surface area contributed by atoms with Crippen LogP contribution in [0.1, 0.15) is 31.9 Å². The standard InChI is InChI=1S/C20H20Cl2N2O3/c1-20(2,3)13-7-8-15-16(9-13)27-17(11-26-15)19(25)24-23-10-12-5-4-6-14(21)18(12)22/h4-10,17H,11H2,1-3H3,(H,24,25)/b23-10+/t17-/m0/s1. The van der Waals surface area contributed by atoms with Gasteiger partial charge in [-0.1, -0.05) is 62.2 Å². The predicted molar refractivity (Wildman–Crippen MR) is 107 cm³/mol. The molecule has 0 spiro atoms. The highest BCUT2D eigenvalue weighted by Gasteiger charge is 2.28. The van der Waals surface area contributed by atoms with E-state index in [1.807, 2.05) is 18.2 Å². The third kappa shape index (κ3) is 4.54. The summed E-state index contributed by atoms with van der Waals surface area (Å²) in [7, 11) is 0. The summed E-state index contributed by atoms with van der Waals surface area (Å²) in [6, 6.07) is 10.9. The van der Waals surface area contributed by atoms with E-state index in [9.17, 15) is 4.79 Å². The Morgan fingerprint density at radius 3 is 2.74 bits per heavy atom. The molecule has 7 heteroatoms. The Morgan fingerprint density at radius 1 is 1.22 bits per heavy atom. The van der Waals surface area contributed by atoms with Crippen LogP contribution >= 0.6 is 23.2 Å². The Labute approximate surface area is 168 Å². The fourth-order valence-electron chi connectivity index (χ4n) is 2.53. The molecule has 2 aromatic rings. The lowest BCUT2D eigenvalue weighted by Crippen LogP contribution is -2.42. The molecule has 0 unspecified atom stereocenters. The topological polar surface area (TPSA) is 59.9 Å². The predicted octanol–water partition coefficient (Wildman–Crippen LogP) is 4.58. The number of rotatable bonds is 3. The Morgan fingerprint density at radius 2 is 2.00 bits per heavy atom. The zero-order chi connectivity index (χ0) is 19.6. The third-order valence-corrected chi connectivity index (χ3v) is 4.95. The van der Waals surface area contributed by atoms with Crippen molar-refractivity contribution in [2.24, 2.45) is 5.10 Å². The number of amides is 1. The minimum Gasteiger partial charge on any atom is -0.485 e. The summed E-state index contributed by atoms with van der Waals surface area (Å²) in [5, 5.41) is 4.72. The number of carbonyl (C=O) groups is 1. The molecule has 1 amide bonds. The summed E-state index contributed by atoms with van der Waals surface area (Å²) >= 11 is 12.0. The van der Waals surface area contributed by atoms with Crippen LogP contribution in [-0.4, -0.2) is 24.8 Å². The van der Waals surface area contributed by atoms with Gasteiger partial charge in [0.25, 0.3) is 5.91 Å². The Hall–Kier alpha value is -2.24. The fraction of sp³-hybridized carbons (Fsp3) is 0.300. The first-order valence-electron chi connectivity index (χ1n) is 8.46. The molecule has 1 aliphatic rings. The van der Waals surface area contributed by atoms with E-state index in [0.717, 1.165) is 5.56 Å². The molecular formula is C20H20Cl2N2O3. The summed E-state index contributed by atoms with van der Waals surface area (Å²) in [4.78, 5) is 12.3. The van der Waals surface area contributed by atoms with E-state index >= 15 is 0 Å². The number of halogens is 2. The number of hydrogen-bond acceptors (Lipinski definition) is 4. The number of benzene rings is 2. The van der Waals surface area contributed by atoms with Gasteiger partial charge in [-0.2, -0.15) is 5.10 Å². The average molecular weight is 407 g/mol. The van der Waals surface area contributed by atoms with Crippen LogP contribution < -0.4 is 14.9 Å². The zero-order valence-corrected chi connectivity index (χ0v) is 16.8. The van der Waals surface area contributed by atoms with Crippen LogP contribution in [-0.2, 0) is 10.2 Å². The number of nitrogens with zero attached hydrogens (tertiary/aromatic N) is 1. The molecule has 27 heavy (non-hydrogen) atoms. The molecule has 1 atom stereocenters. The van der Waals surface area contributed by atoms with Gasteiger partial charge in [-0.05, 0) is 29.2 Å². The Balaban J connectivity index is 1.67. The highest BCUT2D eigenvalue weighted by atomic mass is 35.5. The molecule has 0 saturated heterocycles. The van der Waals surface area contributed by atoms with E-state index < -0.39 is 12.0 Å². The first-order chi connectivity index (χ1) is 12.8. The lowest BCUT2D eigenvalue weighted by atomic mass is 9.87. The van der Waals surface area contributed by atoms with E-state index in [0.29, 0.717) is 27.1 Å².